The Morgan fingerprint density at radius 2 is 0.692 bits per heavy atom. The van der Waals surface area contributed by atoms with E-state index in [-0.39, 0.29) is 69.4 Å². The molecule has 0 aromatic carbocycles. The fourth-order valence-corrected chi connectivity index (χ4v) is 0. The summed E-state index contributed by atoms with van der Waals surface area (Å²) in [5.74, 6) is 0. The van der Waals surface area contributed by atoms with Crippen LogP contribution >= 0.6 is 15.6 Å². The van der Waals surface area contributed by atoms with Crippen LogP contribution in [0.15, 0.2) is 0 Å². The topological polar surface area (TPSA) is 156 Å². The van der Waals surface area contributed by atoms with E-state index in [1.807, 2.05) is 0 Å². The SMILES string of the molecule is C.O=P(O)(O)O.O=P(O)(O)O.[H-].[H-].[Na+].[Na+]. The molecule has 0 amide bonds. The minimum atomic E-state index is -4.64. The van der Waals surface area contributed by atoms with E-state index in [1.165, 1.54) is 0 Å². The first-order valence-corrected chi connectivity index (χ1v) is 4.70. The van der Waals surface area contributed by atoms with Crippen molar-refractivity contribution < 1.29 is 100 Å². The van der Waals surface area contributed by atoms with Gasteiger partial charge in [0.25, 0.3) is 0 Å². The van der Waals surface area contributed by atoms with Crippen LogP contribution < -0.4 is 59.1 Å². The van der Waals surface area contributed by atoms with E-state index in [4.69, 9.17) is 38.5 Å². The molecule has 0 spiro atoms. The molecule has 0 rings (SSSR count). The van der Waals surface area contributed by atoms with Gasteiger partial charge in [-0.15, -0.1) is 0 Å². The van der Waals surface area contributed by atoms with E-state index in [0.717, 1.165) is 0 Å². The fraction of sp³-hybridized carbons (Fsp3) is 1.00. The Hall–Kier alpha value is 2.22. The molecule has 0 aliphatic heterocycles. The molecule has 0 aromatic heterocycles. The van der Waals surface area contributed by atoms with Gasteiger partial charge in [0.1, 0.15) is 0 Å². The van der Waals surface area contributed by atoms with Crippen molar-refractivity contribution in [3.05, 3.63) is 0 Å². The summed E-state index contributed by atoms with van der Waals surface area (Å²) in [7, 11) is -9.28. The Labute approximate surface area is 122 Å². The van der Waals surface area contributed by atoms with Crippen LogP contribution in [0.4, 0.5) is 0 Å². The van der Waals surface area contributed by atoms with Crippen molar-refractivity contribution in [1.82, 2.24) is 0 Å². The molecule has 0 saturated heterocycles. The molecule has 0 atom stereocenters. The van der Waals surface area contributed by atoms with E-state index in [9.17, 15) is 0 Å². The zero-order valence-electron chi connectivity index (χ0n) is 8.39. The average Bonchev–Trinajstić information content (AvgIpc) is 1.12. The predicted molar refractivity (Wildman–Crippen MR) is 37.5 cm³/mol. The summed E-state index contributed by atoms with van der Waals surface area (Å²) >= 11 is 0. The van der Waals surface area contributed by atoms with E-state index in [2.05, 4.69) is 0 Å². The van der Waals surface area contributed by atoms with Crippen LogP contribution in [-0.2, 0) is 9.13 Å². The van der Waals surface area contributed by atoms with Crippen LogP contribution in [-0.4, -0.2) is 29.4 Å². The van der Waals surface area contributed by atoms with Crippen molar-refractivity contribution >= 4 is 15.6 Å². The number of hydrogen-bond donors (Lipinski definition) is 6. The molecule has 0 aliphatic rings. The van der Waals surface area contributed by atoms with Crippen LogP contribution in [0, 0.1) is 0 Å². The maximum absolute atomic E-state index is 8.88. The Kier molecular flexibility index (Phi) is 27.9. The van der Waals surface area contributed by atoms with Crippen molar-refractivity contribution in [1.29, 1.82) is 0 Å². The molecule has 0 saturated carbocycles. The maximum Gasteiger partial charge on any atom is 1.00 e. The fourth-order valence-electron chi connectivity index (χ4n) is 0. The standard InChI is InChI=1S/CH4.2Na.2H3O4P.2H/c;;;2*1-5(2,3)4;;/h1H4;;;2*(H3,1,2,3,4);;/q;2*+1;;;2*-1. The van der Waals surface area contributed by atoms with Crippen LogP contribution in [0.5, 0.6) is 0 Å². The van der Waals surface area contributed by atoms with Crippen LogP contribution in [0.1, 0.15) is 10.3 Å². The maximum atomic E-state index is 8.88. The molecule has 0 radical (unpaired) electrons. The quantitative estimate of drug-likeness (QED) is 0.185. The number of rotatable bonds is 0. The van der Waals surface area contributed by atoms with Crippen molar-refractivity contribution in [2.24, 2.45) is 0 Å². The molecular formula is CH12Na2O8P2. The van der Waals surface area contributed by atoms with Crippen molar-refractivity contribution in [3.63, 3.8) is 0 Å². The average molecular weight is 260 g/mol. The smallest absolute Gasteiger partial charge is 1.00 e. The van der Waals surface area contributed by atoms with Crippen molar-refractivity contribution in [2.75, 3.05) is 0 Å². The number of hydrogen-bond acceptors (Lipinski definition) is 2. The van der Waals surface area contributed by atoms with Crippen LogP contribution in [0.3, 0.4) is 0 Å². The molecule has 0 heterocycles. The van der Waals surface area contributed by atoms with Gasteiger partial charge >= 0.3 is 74.8 Å². The third-order valence-electron chi connectivity index (χ3n) is 0. The Morgan fingerprint density at radius 3 is 0.692 bits per heavy atom. The van der Waals surface area contributed by atoms with Gasteiger partial charge in [0, 0.05) is 0 Å². The Bertz CT molecular complexity index is 141. The zero-order chi connectivity index (χ0) is 9.00. The number of phosphoric acid groups is 2. The first-order valence-electron chi connectivity index (χ1n) is 1.57. The van der Waals surface area contributed by atoms with Crippen molar-refractivity contribution in [2.45, 2.75) is 7.43 Å². The molecule has 8 nitrogen and oxygen atoms in total. The van der Waals surface area contributed by atoms with Gasteiger partial charge in [0.05, 0.1) is 0 Å². The molecule has 0 bridgehead atoms. The Balaban J connectivity index is -0.0000000128. The van der Waals surface area contributed by atoms with Gasteiger partial charge in [-0.05, 0) is 0 Å². The zero-order valence-corrected chi connectivity index (χ0v) is 12.2. The van der Waals surface area contributed by atoms with E-state index in [0.29, 0.717) is 0 Å². The molecule has 13 heavy (non-hydrogen) atoms. The second-order valence-electron chi connectivity index (χ2n) is 1.03. The summed E-state index contributed by atoms with van der Waals surface area (Å²) in [5.41, 5.74) is 0. The van der Waals surface area contributed by atoms with E-state index in [1.54, 1.807) is 0 Å². The first-order chi connectivity index (χ1) is 4.00. The Morgan fingerprint density at radius 1 is 0.692 bits per heavy atom. The molecule has 76 valence electrons. The normalized spacial score (nSPS) is 9.08. The summed E-state index contributed by atoms with van der Waals surface area (Å²) in [4.78, 5) is 43.1. The van der Waals surface area contributed by atoms with Gasteiger partial charge in [0.2, 0.25) is 0 Å². The second-order valence-corrected chi connectivity index (χ2v) is 3.08. The van der Waals surface area contributed by atoms with Gasteiger partial charge in [0.15, 0.2) is 0 Å². The first kappa shape index (κ1) is 29.5. The second kappa shape index (κ2) is 12.3. The van der Waals surface area contributed by atoms with E-state index >= 15 is 0 Å². The predicted octanol–water partition coefficient (Wildman–Crippen LogP) is -6.99. The molecule has 12 heteroatoms. The van der Waals surface area contributed by atoms with Crippen LogP contribution in [0.25, 0.3) is 0 Å². The van der Waals surface area contributed by atoms with Gasteiger partial charge in [-0.3, -0.25) is 0 Å². The van der Waals surface area contributed by atoms with Gasteiger partial charge in [-0.2, -0.15) is 0 Å². The largest absolute Gasteiger partial charge is 1.00 e. The van der Waals surface area contributed by atoms with Gasteiger partial charge in [-0.1, -0.05) is 7.43 Å². The summed E-state index contributed by atoms with van der Waals surface area (Å²) < 4.78 is 17.8. The molecule has 6 N–H and O–H groups in total. The third-order valence-corrected chi connectivity index (χ3v) is 0. The minimum absolute atomic E-state index is 0. The molecular weight excluding hydrogens is 248 g/mol. The van der Waals surface area contributed by atoms with Crippen LogP contribution in [0.2, 0.25) is 0 Å². The third kappa shape index (κ3) is 431. The summed E-state index contributed by atoms with van der Waals surface area (Å²) in [6.45, 7) is 0. The van der Waals surface area contributed by atoms with Crippen molar-refractivity contribution in [3.8, 4) is 0 Å². The molecule has 0 unspecified atom stereocenters. The monoisotopic (exact) mass is 260 g/mol. The summed E-state index contributed by atoms with van der Waals surface area (Å²) in [6.07, 6.45) is 0. The van der Waals surface area contributed by atoms with Gasteiger partial charge < -0.3 is 32.2 Å². The molecule has 0 aromatic rings. The molecule has 0 aliphatic carbocycles. The van der Waals surface area contributed by atoms with Gasteiger partial charge in [-0.25, -0.2) is 9.13 Å². The molecule has 0 fully saturated rings. The summed E-state index contributed by atoms with van der Waals surface area (Å²) in [6, 6.07) is 0. The van der Waals surface area contributed by atoms with E-state index < -0.39 is 15.6 Å². The summed E-state index contributed by atoms with van der Waals surface area (Å²) in [5, 5.41) is 0. The minimum Gasteiger partial charge on any atom is -1.00 e.